The summed E-state index contributed by atoms with van der Waals surface area (Å²) < 4.78 is 0. The van der Waals surface area contributed by atoms with E-state index < -0.39 is 0 Å². The van der Waals surface area contributed by atoms with Gasteiger partial charge in [-0.3, -0.25) is 0 Å². The van der Waals surface area contributed by atoms with Gasteiger partial charge in [-0.05, 0) is 93.6 Å². The van der Waals surface area contributed by atoms with Gasteiger partial charge in [-0.15, -0.1) is 0 Å². The van der Waals surface area contributed by atoms with Gasteiger partial charge in [0.25, 0.3) is 0 Å². The van der Waals surface area contributed by atoms with Crippen LogP contribution >= 0.6 is 0 Å². The van der Waals surface area contributed by atoms with Gasteiger partial charge in [0.2, 0.25) is 0 Å². The second-order valence-corrected chi connectivity index (χ2v) is 13.4. The molecule has 0 amide bonds. The van der Waals surface area contributed by atoms with Gasteiger partial charge < -0.3 is 9.80 Å². The number of para-hydroxylation sites is 2. The van der Waals surface area contributed by atoms with Crippen LogP contribution in [0.3, 0.4) is 0 Å². The number of benzene rings is 6. The Labute approximate surface area is 277 Å². The van der Waals surface area contributed by atoms with Crippen LogP contribution in [0.5, 0.6) is 0 Å². The molecule has 3 aliphatic rings. The maximum absolute atomic E-state index is 2.52. The van der Waals surface area contributed by atoms with Gasteiger partial charge >= 0.3 is 0 Å². The van der Waals surface area contributed by atoms with Crippen molar-refractivity contribution in [2.24, 2.45) is 0 Å². The number of anilines is 4. The Morgan fingerprint density at radius 2 is 1.21 bits per heavy atom. The first-order valence-electron chi connectivity index (χ1n) is 16.6. The van der Waals surface area contributed by atoms with E-state index >= 15 is 0 Å². The predicted molar refractivity (Wildman–Crippen MR) is 197 cm³/mol. The molecule has 2 aliphatic carbocycles. The molecular formula is C45H36N2. The van der Waals surface area contributed by atoms with Crippen molar-refractivity contribution in [2.75, 3.05) is 9.80 Å². The zero-order valence-electron chi connectivity index (χ0n) is 26.7. The molecule has 1 heterocycles. The Bertz CT molecular complexity index is 2170. The van der Waals surface area contributed by atoms with E-state index in [9.17, 15) is 0 Å². The van der Waals surface area contributed by atoms with Crippen LogP contribution in [0.15, 0.2) is 176 Å². The van der Waals surface area contributed by atoms with Crippen molar-refractivity contribution in [3.63, 3.8) is 0 Å². The normalized spacial score (nSPS) is 18.2. The van der Waals surface area contributed by atoms with Crippen LogP contribution in [-0.4, -0.2) is 6.04 Å². The molecule has 47 heavy (non-hydrogen) atoms. The molecule has 0 bridgehead atoms. The molecule has 0 saturated heterocycles. The maximum Gasteiger partial charge on any atom is 0.0649 e. The van der Waals surface area contributed by atoms with Crippen LogP contribution in [0.4, 0.5) is 22.7 Å². The summed E-state index contributed by atoms with van der Waals surface area (Å²) in [7, 11) is 0. The lowest BCUT2D eigenvalue weighted by Crippen LogP contribution is -2.31. The Hall–Kier alpha value is -5.60. The molecule has 0 saturated carbocycles. The molecule has 2 heteroatoms. The lowest BCUT2D eigenvalue weighted by atomic mass is 9.82. The number of allylic oxidation sites excluding steroid dienone is 1. The zero-order valence-corrected chi connectivity index (χ0v) is 26.7. The zero-order chi connectivity index (χ0) is 31.5. The number of hydrogen-bond donors (Lipinski definition) is 0. The highest BCUT2D eigenvalue weighted by atomic mass is 15.2. The van der Waals surface area contributed by atoms with E-state index in [1.54, 1.807) is 0 Å². The molecule has 2 atom stereocenters. The smallest absolute Gasteiger partial charge is 0.0649 e. The summed E-state index contributed by atoms with van der Waals surface area (Å²) in [5.41, 5.74) is 15.2. The monoisotopic (exact) mass is 604 g/mol. The van der Waals surface area contributed by atoms with Crippen LogP contribution in [0.2, 0.25) is 0 Å². The minimum atomic E-state index is -0.0795. The second-order valence-electron chi connectivity index (χ2n) is 13.4. The largest absolute Gasteiger partial charge is 0.333 e. The second kappa shape index (κ2) is 10.7. The predicted octanol–water partition coefficient (Wildman–Crippen LogP) is 11.6. The SMILES string of the molecule is CC1(C)c2ccccc2-c2ccc(N(C3=C[C@@H]4C(C=C3)c3ccccc3N4c3ccccc3)c3ccc(-c4ccccc4)cc3)cc21. The van der Waals surface area contributed by atoms with Crippen LogP contribution in [0.1, 0.15) is 36.5 Å². The van der Waals surface area contributed by atoms with E-state index in [0.29, 0.717) is 0 Å². The van der Waals surface area contributed by atoms with E-state index in [1.165, 1.54) is 61.7 Å². The van der Waals surface area contributed by atoms with Crippen LogP contribution in [-0.2, 0) is 5.41 Å². The molecule has 0 fully saturated rings. The van der Waals surface area contributed by atoms with Gasteiger partial charge in [0.1, 0.15) is 0 Å². The van der Waals surface area contributed by atoms with Crippen LogP contribution in [0.25, 0.3) is 22.3 Å². The van der Waals surface area contributed by atoms with E-state index in [2.05, 4.69) is 194 Å². The van der Waals surface area contributed by atoms with E-state index in [0.717, 1.165) is 5.69 Å². The summed E-state index contributed by atoms with van der Waals surface area (Å²) in [6.45, 7) is 4.72. The molecule has 0 N–H and O–H groups in total. The molecule has 1 unspecified atom stereocenters. The molecule has 6 aromatic carbocycles. The molecular weight excluding hydrogens is 569 g/mol. The van der Waals surface area contributed by atoms with Gasteiger partial charge in [-0.2, -0.15) is 0 Å². The van der Waals surface area contributed by atoms with Gasteiger partial charge in [0, 0.05) is 39.8 Å². The Morgan fingerprint density at radius 1 is 0.574 bits per heavy atom. The highest BCUT2D eigenvalue weighted by Gasteiger charge is 2.40. The van der Waals surface area contributed by atoms with Gasteiger partial charge in [0.05, 0.1) is 6.04 Å². The number of nitrogens with zero attached hydrogens (tertiary/aromatic N) is 2. The third kappa shape index (κ3) is 4.40. The summed E-state index contributed by atoms with van der Waals surface area (Å²) in [6, 6.07) is 55.5. The quantitative estimate of drug-likeness (QED) is 0.193. The fourth-order valence-electron chi connectivity index (χ4n) is 8.08. The lowest BCUT2D eigenvalue weighted by molar-refractivity contribution is 0.660. The first-order chi connectivity index (χ1) is 23.1. The van der Waals surface area contributed by atoms with Gasteiger partial charge in [-0.25, -0.2) is 0 Å². The molecule has 9 rings (SSSR count). The van der Waals surface area contributed by atoms with Crippen molar-refractivity contribution in [3.05, 3.63) is 192 Å². The third-order valence-electron chi connectivity index (χ3n) is 10.4. The summed E-state index contributed by atoms with van der Waals surface area (Å²) >= 11 is 0. The third-order valence-corrected chi connectivity index (χ3v) is 10.4. The van der Waals surface area contributed by atoms with E-state index in [1.807, 2.05) is 0 Å². The molecule has 1 aliphatic heterocycles. The average Bonchev–Trinajstić information content (AvgIpc) is 3.58. The minimum Gasteiger partial charge on any atom is -0.333 e. The summed E-state index contributed by atoms with van der Waals surface area (Å²) in [6.07, 6.45) is 7.24. The fourth-order valence-corrected chi connectivity index (χ4v) is 8.08. The first kappa shape index (κ1) is 27.7. The molecule has 226 valence electrons. The Morgan fingerprint density at radius 3 is 2.02 bits per heavy atom. The van der Waals surface area contributed by atoms with Crippen molar-refractivity contribution in [2.45, 2.75) is 31.2 Å². The summed E-state index contributed by atoms with van der Waals surface area (Å²) in [5, 5.41) is 0. The molecule has 6 aromatic rings. The van der Waals surface area contributed by atoms with Crippen molar-refractivity contribution >= 4 is 22.7 Å². The van der Waals surface area contributed by atoms with Crippen molar-refractivity contribution < 1.29 is 0 Å². The number of rotatable bonds is 5. The first-order valence-corrected chi connectivity index (χ1v) is 16.6. The topological polar surface area (TPSA) is 6.48 Å². The highest BCUT2D eigenvalue weighted by molar-refractivity contribution is 5.85. The van der Waals surface area contributed by atoms with E-state index in [4.69, 9.17) is 0 Å². The van der Waals surface area contributed by atoms with E-state index in [-0.39, 0.29) is 17.4 Å². The Balaban J connectivity index is 1.19. The van der Waals surface area contributed by atoms with Crippen molar-refractivity contribution in [1.82, 2.24) is 0 Å². The Kier molecular flexibility index (Phi) is 6.33. The molecule has 0 radical (unpaired) electrons. The number of hydrogen-bond acceptors (Lipinski definition) is 2. The molecule has 0 aromatic heterocycles. The van der Waals surface area contributed by atoms with Crippen molar-refractivity contribution in [3.8, 4) is 22.3 Å². The highest BCUT2D eigenvalue weighted by Crippen LogP contribution is 2.52. The average molecular weight is 605 g/mol. The summed E-state index contributed by atoms with van der Waals surface area (Å²) in [5.74, 6) is 0.283. The van der Waals surface area contributed by atoms with Gasteiger partial charge in [-0.1, -0.05) is 129 Å². The maximum atomic E-state index is 2.52. The van der Waals surface area contributed by atoms with Crippen LogP contribution in [0, 0.1) is 0 Å². The summed E-state index contributed by atoms with van der Waals surface area (Å²) in [4.78, 5) is 4.97. The standard InChI is InChI=1S/C45H36N2/c1-45(2)41-19-11-9-17-37(41)38-27-25-35(29-42(38)45)46(34-23-21-32(22-24-34)31-13-5-3-6-14-31)36-26-28-40-39-18-10-12-20-43(39)47(44(40)30-36)33-15-7-4-8-16-33/h3-30,40,44H,1-2H3/t40?,44-/m1/s1. The van der Waals surface area contributed by atoms with Crippen LogP contribution < -0.4 is 9.80 Å². The van der Waals surface area contributed by atoms with Gasteiger partial charge in [0.15, 0.2) is 0 Å². The molecule has 0 spiro atoms. The van der Waals surface area contributed by atoms with Crippen molar-refractivity contribution in [1.29, 1.82) is 0 Å². The lowest BCUT2D eigenvalue weighted by Gasteiger charge is -2.34. The number of fused-ring (bicyclic) bond motifs is 6. The minimum absolute atomic E-state index is 0.0795. The fraction of sp³-hybridized carbons (Fsp3) is 0.111. The molecule has 2 nitrogen and oxygen atoms in total.